The quantitative estimate of drug-likeness (QED) is 0.646. The van der Waals surface area contributed by atoms with E-state index in [0.717, 1.165) is 5.56 Å². The van der Waals surface area contributed by atoms with Crippen LogP contribution >= 0.6 is 0 Å². The molecule has 0 aliphatic rings. The van der Waals surface area contributed by atoms with Gasteiger partial charge in [-0.1, -0.05) is 0 Å². The number of ether oxygens (including phenoxy) is 1. The molecular formula is C12H17NO4. The van der Waals surface area contributed by atoms with Crippen LogP contribution in [-0.4, -0.2) is 22.2 Å². The smallest absolute Gasteiger partial charge is 0.276 e. The largest absolute Gasteiger partial charge is 0.490 e. The molecule has 0 aliphatic heterocycles. The number of rotatable bonds is 4. The first-order valence-corrected chi connectivity index (χ1v) is 5.31. The van der Waals surface area contributed by atoms with Crippen LogP contribution in [0.2, 0.25) is 0 Å². The van der Waals surface area contributed by atoms with Crippen molar-refractivity contribution in [2.45, 2.75) is 33.3 Å². The minimum atomic E-state index is -0.966. The lowest BCUT2D eigenvalue weighted by Gasteiger charge is -2.18. The van der Waals surface area contributed by atoms with Crippen molar-refractivity contribution in [2.24, 2.45) is 0 Å². The first-order valence-electron chi connectivity index (χ1n) is 5.31. The van der Waals surface area contributed by atoms with Crippen molar-refractivity contribution in [3.63, 3.8) is 0 Å². The number of aliphatic hydroxyl groups is 1. The van der Waals surface area contributed by atoms with Crippen molar-refractivity contribution >= 4 is 5.69 Å². The van der Waals surface area contributed by atoms with Gasteiger partial charge in [0.25, 0.3) is 5.69 Å². The molecule has 0 radical (unpaired) electrons. The van der Waals surface area contributed by atoms with Crippen molar-refractivity contribution in [1.82, 2.24) is 0 Å². The topological polar surface area (TPSA) is 72.6 Å². The zero-order valence-corrected chi connectivity index (χ0v) is 10.5. The van der Waals surface area contributed by atoms with Gasteiger partial charge in [-0.15, -0.1) is 0 Å². The van der Waals surface area contributed by atoms with Gasteiger partial charge in [0.2, 0.25) is 0 Å². The molecule has 0 unspecified atom stereocenters. The van der Waals surface area contributed by atoms with Crippen LogP contribution in [0, 0.1) is 24.0 Å². The lowest BCUT2D eigenvalue weighted by molar-refractivity contribution is -0.385. The Morgan fingerprint density at radius 2 is 1.94 bits per heavy atom. The van der Waals surface area contributed by atoms with E-state index >= 15 is 0 Å². The summed E-state index contributed by atoms with van der Waals surface area (Å²) >= 11 is 0. The summed E-state index contributed by atoms with van der Waals surface area (Å²) in [6.07, 6.45) is 0. The molecule has 0 saturated heterocycles. The SMILES string of the molecule is Cc1cc(C)c([N+](=O)[O-])cc1OCC(C)(C)O. The fraction of sp³-hybridized carbons (Fsp3) is 0.500. The molecule has 0 aromatic heterocycles. The highest BCUT2D eigenvalue weighted by atomic mass is 16.6. The zero-order chi connectivity index (χ0) is 13.2. The van der Waals surface area contributed by atoms with Gasteiger partial charge in [-0.25, -0.2) is 0 Å². The van der Waals surface area contributed by atoms with Crippen molar-refractivity contribution in [1.29, 1.82) is 0 Å². The van der Waals surface area contributed by atoms with E-state index in [1.165, 1.54) is 6.07 Å². The molecule has 1 aromatic carbocycles. The average molecular weight is 239 g/mol. The second-order valence-corrected chi connectivity index (χ2v) is 4.76. The highest BCUT2D eigenvalue weighted by Gasteiger charge is 2.17. The van der Waals surface area contributed by atoms with E-state index in [1.54, 1.807) is 26.8 Å². The van der Waals surface area contributed by atoms with Crippen LogP contribution in [0.1, 0.15) is 25.0 Å². The molecule has 0 amide bonds. The van der Waals surface area contributed by atoms with Gasteiger partial charge in [0.15, 0.2) is 0 Å². The summed E-state index contributed by atoms with van der Waals surface area (Å²) in [5.41, 5.74) is 0.480. The van der Waals surface area contributed by atoms with Crippen LogP contribution in [0.4, 0.5) is 5.69 Å². The van der Waals surface area contributed by atoms with E-state index < -0.39 is 10.5 Å². The van der Waals surface area contributed by atoms with Gasteiger partial charge in [0.05, 0.1) is 16.6 Å². The molecule has 0 bridgehead atoms. The Labute approximate surface area is 100 Å². The van der Waals surface area contributed by atoms with E-state index in [2.05, 4.69) is 0 Å². The standard InChI is InChI=1S/C12H17NO4/c1-8-5-9(2)11(6-10(8)13(15)16)17-7-12(3,4)14/h5-6,14H,7H2,1-4H3. The maximum absolute atomic E-state index is 10.8. The van der Waals surface area contributed by atoms with E-state index in [9.17, 15) is 15.2 Å². The van der Waals surface area contributed by atoms with Crippen LogP contribution in [0.3, 0.4) is 0 Å². The summed E-state index contributed by atoms with van der Waals surface area (Å²) in [5, 5.41) is 20.3. The molecule has 5 nitrogen and oxygen atoms in total. The Hall–Kier alpha value is -1.62. The molecule has 0 heterocycles. The van der Waals surface area contributed by atoms with Gasteiger partial charge < -0.3 is 9.84 Å². The second-order valence-electron chi connectivity index (χ2n) is 4.76. The second kappa shape index (κ2) is 4.71. The number of nitro benzene ring substituents is 1. The maximum Gasteiger partial charge on any atom is 0.276 e. The third-order valence-electron chi connectivity index (χ3n) is 2.27. The first-order chi connectivity index (χ1) is 7.70. The van der Waals surface area contributed by atoms with E-state index in [1.807, 2.05) is 6.92 Å². The van der Waals surface area contributed by atoms with Crippen molar-refractivity contribution in [2.75, 3.05) is 6.61 Å². The number of hydrogen-bond donors (Lipinski definition) is 1. The summed E-state index contributed by atoms with van der Waals surface area (Å²) in [7, 11) is 0. The van der Waals surface area contributed by atoms with Crippen molar-refractivity contribution in [3.8, 4) is 5.75 Å². The molecule has 1 aromatic rings. The Bertz CT molecular complexity index is 435. The Balaban J connectivity index is 3.00. The number of nitrogens with zero attached hydrogens (tertiary/aromatic N) is 1. The minimum absolute atomic E-state index is 0.0290. The lowest BCUT2D eigenvalue weighted by Crippen LogP contribution is -2.28. The molecule has 94 valence electrons. The number of benzene rings is 1. The summed E-state index contributed by atoms with van der Waals surface area (Å²) in [6, 6.07) is 3.11. The van der Waals surface area contributed by atoms with Crippen LogP contribution in [-0.2, 0) is 0 Å². The predicted octanol–water partition coefficient (Wildman–Crippen LogP) is 2.36. The van der Waals surface area contributed by atoms with E-state index in [4.69, 9.17) is 4.74 Å². The summed E-state index contributed by atoms with van der Waals surface area (Å²) in [4.78, 5) is 10.3. The summed E-state index contributed by atoms with van der Waals surface area (Å²) in [5.74, 6) is 0.435. The Morgan fingerprint density at radius 1 is 1.35 bits per heavy atom. The van der Waals surface area contributed by atoms with E-state index in [0.29, 0.717) is 11.3 Å². The predicted molar refractivity (Wildman–Crippen MR) is 64.4 cm³/mol. The van der Waals surface area contributed by atoms with Crippen LogP contribution in [0.5, 0.6) is 5.75 Å². The third kappa shape index (κ3) is 3.71. The lowest BCUT2D eigenvalue weighted by atomic mass is 10.1. The monoisotopic (exact) mass is 239 g/mol. The normalized spacial score (nSPS) is 11.4. The zero-order valence-electron chi connectivity index (χ0n) is 10.5. The number of nitro groups is 1. The average Bonchev–Trinajstić information content (AvgIpc) is 2.14. The maximum atomic E-state index is 10.8. The van der Waals surface area contributed by atoms with Gasteiger partial charge in [-0.05, 0) is 39.3 Å². The molecular weight excluding hydrogens is 222 g/mol. The fourth-order valence-corrected chi connectivity index (χ4v) is 1.43. The van der Waals surface area contributed by atoms with Crippen LogP contribution in [0.15, 0.2) is 12.1 Å². The summed E-state index contributed by atoms with van der Waals surface area (Å²) in [6.45, 7) is 6.82. The molecule has 1 rings (SSSR count). The van der Waals surface area contributed by atoms with Gasteiger partial charge in [-0.3, -0.25) is 10.1 Å². The van der Waals surface area contributed by atoms with E-state index in [-0.39, 0.29) is 12.3 Å². The Kier molecular flexibility index (Phi) is 3.72. The Morgan fingerprint density at radius 3 is 2.41 bits per heavy atom. The minimum Gasteiger partial charge on any atom is -0.490 e. The van der Waals surface area contributed by atoms with Crippen LogP contribution < -0.4 is 4.74 Å². The van der Waals surface area contributed by atoms with Crippen LogP contribution in [0.25, 0.3) is 0 Å². The molecule has 1 N–H and O–H groups in total. The molecule has 0 saturated carbocycles. The van der Waals surface area contributed by atoms with Gasteiger partial charge in [0.1, 0.15) is 12.4 Å². The number of hydrogen-bond acceptors (Lipinski definition) is 4. The molecule has 0 fully saturated rings. The van der Waals surface area contributed by atoms with Crippen molar-refractivity contribution < 1.29 is 14.8 Å². The number of aryl methyl sites for hydroxylation is 2. The molecule has 0 atom stereocenters. The summed E-state index contributed by atoms with van der Waals surface area (Å²) < 4.78 is 5.39. The molecule has 0 aliphatic carbocycles. The molecule has 0 spiro atoms. The fourth-order valence-electron chi connectivity index (χ4n) is 1.43. The first kappa shape index (κ1) is 13.4. The molecule has 17 heavy (non-hydrogen) atoms. The van der Waals surface area contributed by atoms with Gasteiger partial charge in [-0.2, -0.15) is 0 Å². The highest BCUT2D eigenvalue weighted by molar-refractivity contribution is 5.49. The van der Waals surface area contributed by atoms with Gasteiger partial charge >= 0.3 is 0 Å². The van der Waals surface area contributed by atoms with Gasteiger partial charge in [0, 0.05) is 5.56 Å². The third-order valence-corrected chi connectivity index (χ3v) is 2.27. The highest BCUT2D eigenvalue weighted by Crippen LogP contribution is 2.28. The molecule has 5 heteroatoms. The van der Waals surface area contributed by atoms with Crippen molar-refractivity contribution in [3.05, 3.63) is 33.4 Å².